The van der Waals surface area contributed by atoms with Crippen LogP contribution in [0.2, 0.25) is 0 Å². The van der Waals surface area contributed by atoms with E-state index in [0.29, 0.717) is 30.2 Å². The van der Waals surface area contributed by atoms with Gasteiger partial charge in [0.25, 0.3) is 11.8 Å². The first-order chi connectivity index (χ1) is 14.0. The van der Waals surface area contributed by atoms with Gasteiger partial charge in [-0.15, -0.1) is 0 Å². The van der Waals surface area contributed by atoms with Crippen LogP contribution in [0, 0.1) is 0 Å². The molecule has 29 heavy (non-hydrogen) atoms. The molecule has 0 radical (unpaired) electrons. The molecule has 2 rings (SSSR count). The second-order valence-corrected chi connectivity index (χ2v) is 5.90. The van der Waals surface area contributed by atoms with Gasteiger partial charge in [0.05, 0.1) is 6.61 Å². The molecular formula is C22H24N2O5. The van der Waals surface area contributed by atoms with E-state index in [2.05, 4.69) is 10.6 Å². The molecule has 2 aromatic carbocycles. The first-order valence-electron chi connectivity index (χ1n) is 9.28. The summed E-state index contributed by atoms with van der Waals surface area (Å²) in [6.07, 6.45) is 2.81. The van der Waals surface area contributed by atoms with Crippen molar-refractivity contribution in [2.24, 2.45) is 0 Å². The van der Waals surface area contributed by atoms with Gasteiger partial charge in [0, 0.05) is 29.4 Å². The first kappa shape index (κ1) is 21.7. The molecule has 7 nitrogen and oxygen atoms in total. The van der Waals surface area contributed by atoms with Crippen molar-refractivity contribution in [1.82, 2.24) is 5.32 Å². The number of carbonyl (C=O) groups is 3. The molecule has 0 heterocycles. The van der Waals surface area contributed by atoms with Gasteiger partial charge in [-0.25, -0.2) is 4.79 Å². The number of anilines is 1. The molecule has 0 aliphatic heterocycles. The molecule has 152 valence electrons. The van der Waals surface area contributed by atoms with Crippen molar-refractivity contribution in [2.75, 3.05) is 25.1 Å². The van der Waals surface area contributed by atoms with Gasteiger partial charge in [-0.1, -0.05) is 24.3 Å². The summed E-state index contributed by atoms with van der Waals surface area (Å²) < 4.78 is 10.4. The van der Waals surface area contributed by atoms with Gasteiger partial charge in [0.1, 0.15) is 5.75 Å². The van der Waals surface area contributed by atoms with Crippen molar-refractivity contribution >= 4 is 29.5 Å². The Balaban J connectivity index is 1.87. The monoisotopic (exact) mass is 396 g/mol. The molecule has 2 amide bonds. The minimum atomic E-state index is -0.650. The van der Waals surface area contributed by atoms with E-state index in [1.165, 1.54) is 6.08 Å². The molecule has 2 aromatic rings. The Kier molecular flexibility index (Phi) is 8.44. The largest absolute Gasteiger partial charge is 0.493 e. The average Bonchev–Trinajstić information content (AvgIpc) is 2.72. The lowest BCUT2D eigenvalue weighted by Gasteiger charge is -2.08. The number of ether oxygens (including phenoxy) is 2. The van der Waals surface area contributed by atoms with E-state index in [9.17, 15) is 14.4 Å². The van der Waals surface area contributed by atoms with Gasteiger partial charge in [-0.05, 0) is 44.2 Å². The van der Waals surface area contributed by atoms with Gasteiger partial charge in [-0.3, -0.25) is 9.59 Å². The fraction of sp³-hybridized carbons (Fsp3) is 0.227. The van der Waals surface area contributed by atoms with E-state index >= 15 is 0 Å². The highest BCUT2D eigenvalue weighted by Crippen LogP contribution is 2.19. The van der Waals surface area contributed by atoms with Gasteiger partial charge in [0.2, 0.25) is 0 Å². The molecule has 0 saturated heterocycles. The maximum Gasteiger partial charge on any atom is 0.331 e. The SMILES string of the molecule is CCNC(=O)c1cccc(NC(=O)COC(=O)/C=C/c2ccccc2OCC)c1. The lowest BCUT2D eigenvalue weighted by atomic mass is 10.2. The van der Waals surface area contributed by atoms with E-state index in [0.717, 1.165) is 5.56 Å². The van der Waals surface area contributed by atoms with Gasteiger partial charge in [0.15, 0.2) is 6.61 Å². The molecule has 0 aromatic heterocycles. The van der Waals surface area contributed by atoms with Gasteiger partial charge >= 0.3 is 5.97 Å². The lowest BCUT2D eigenvalue weighted by molar-refractivity contribution is -0.142. The number of benzene rings is 2. The Morgan fingerprint density at radius 3 is 2.59 bits per heavy atom. The van der Waals surface area contributed by atoms with Crippen LogP contribution in [0.1, 0.15) is 29.8 Å². The Morgan fingerprint density at radius 1 is 1.03 bits per heavy atom. The van der Waals surface area contributed by atoms with Crippen molar-refractivity contribution in [2.45, 2.75) is 13.8 Å². The van der Waals surface area contributed by atoms with E-state index in [-0.39, 0.29) is 5.91 Å². The molecular weight excluding hydrogens is 372 g/mol. The summed E-state index contributed by atoms with van der Waals surface area (Å²) in [5.41, 5.74) is 1.60. The summed E-state index contributed by atoms with van der Waals surface area (Å²) in [4.78, 5) is 35.7. The number of para-hydroxylation sites is 1. The predicted octanol–water partition coefficient (Wildman–Crippen LogP) is 3.03. The number of rotatable bonds is 9. The molecule has 0 aliphatic rings. The van der Waals surface area contributed by atoms with E-state index in [4.69, 9.17) is 9.47 Å². The van der Waals surface area contributed by atoms with Crippen LogP contribution in [-0.4, -0.2) is 37.5 Å². The Morgan fingerprint density at radius 2 is 1.83 bits per heavy atom. The molecule has 7 heteroatoms. The van der Waals surface area contributed by atoms with Crippen LogP contribution >= 0.6 is 0 Å². The number of nitrogens with one attached hydrogen (secondary N) is 2. The number of carbonyl (C=O) groups excluding carboxylic acids is 3. The van der Waals surface area contributed by atoms with E-state index < -0.39 is 18.5 Å². The van der Waals surface area contributed by atoms with Gasteiger partial charge < -0.3 is 20.1 Å². The second-order valence-electron chi connectivity index (χ2n) is 5.90. The minimum absolute atomic E-state index is 0.229. The molecule has 0 spiro atoms. The molecule has 0 aliphatic carbocycles. The number of hydrogen-bond donors (Lipinski definition) is 2. The zero-order valence-electron chi connectivity index (χ0n) is 16.4. The zero-order chi connectivity index (χ0) is 21.1. The highest BCUT2D eigenvalue weighted by Gasteiger charge is 2.09. The van der Waals surface area contributed by atoms with Crippen LogP contribution in [0.25, 0.3) is 6.08 Å². The Bertz CT molecular complexity index is 892. The topological polar surface area (TPSA) is 93.7 Å². The van der Waals surface area contributed by atoms with Crippen LogP contribution < -0.4 is 15.4 Å². The number of esters is 1. The molecule has 2 N–H and O–H groups in total. The van der Waals surface area contributed by atoms with Crippen LogP contribution in [0.15, 0.2) is 54.6 Å². The third-order valence-electron chi connectivity index (χ3n) is 3.71. The Hall–Kier alpha value is -3.61. The summed E-state index contributed by atoms with van der Waals surface area (Å²) in [6.45, 7) is 4.27. The number of amides is 2. The summed E-state index contributed by atoms with van der Waals surface area (Å²) >= 11 is 0. The van der Waals surface area contributed by atoms with Crippen LogP contribution in [0.4, 0.5) is 5.69 Å². The maximum atomic E-state index is 12.0. The molecule has 0 saturated carbocycles. The van der Waals surface area contributed by atoms with Crippen LogP contribution in [0.5, 0.6) is 5.75 Å². The quantitative estimate of drug-likeness (QED) is 0.502. The summed E-state index contributed by atoms with van der Waals surface area (Å²) in [5, 5.41) is 5.28. The van der Waals surface area contributed by atoms with Crippen LogP contribution in [0.3, 0.4) is 0 Å². The van der Waals surface area contributed by atoms with Crippen molar-refractivity contribution < 1.29 is 23.9 Å². The average molecular weight is 396 g/mol. The fourth-order valence-corrected chi connectivity index (χ4v) is 2.45. The lowest BCUT2D eigenvalue weighted by Crippen LogP contribution is -2.23. The summed E-state index contributed by atoms with van der Waals surface area (Å²) in [6, 6.07) is 13.8. The summed E-state index contributed by atoms with van der Waals surface area (Å²) in [7, 11) is 0. The third kappa shape index (κ3) is 7.14. The predicted molar refractivity (Wildman–Crippen MR) is 111 cm³/mol. The van der Waals surface area contributed by atoms with Crippen molar-refractivity contribution in [1.29, 1.82) is 0 Å². The van der Waals surface area contributed by atoms with E-state index in [1.54, 1.807) is 36.4 Å². The van der Waals surface area contributed by atoms with Crippen LogP contribution in [-0.2, 0) is 14.3 Å². The molecule has 0 unspecified atom stereocenters. The smallest absolute Gasteiger partial charge is 0.331 e. The highest BCUT2D eigenvalue weighted by atomic mass is 16.5. The van der Waals surface area contributed by atoms with Crippen molar-refractivity contribution in [3.05, 3.63) is 65.7 Å². The van der Waals surface area contributed by atoms with Gasteiger partial charge in [-0.2, -0.15) is 0 Å². The molecule has 0 atom stereocenters. The standard InChI is InChI=1S/C22H24N2O5/c1-3-23-22(27)17-9-7-10-18(14-17)24-20(25)15-29-21(26)13-12-16-8-5-6-11-19(16)28-4-2/h5-14H,3-4,15H2,1-2H3,(H,23,27)(H,24,25)/b13-12+. The summed E-state index contributed by atoms with van der Waals surface area (Å²) in [5.74, 6) is -0.728. The first-order valence-corrected chi connectivity index (χ1v) is 9.28. The minimum Gasteiger partial charge on any atom is -0.493 e. The highest BCUT2D eigenvalue weighted by molar-refractivity contribution is 5.98. The maximum absolute atomic E-state index is 12.0. The second kappa shape index (κ2) is 11.3. The van der Waals surface area contributed by atoms with E-state index in [1.807, 2.05) is 32.0 Å². The van der Waals surface area contributed by atoms with Crippen molar-refractivity contribution in [3.8, 4) is 5.75 Å². The normalized spacial score (nSPS) is 10.4. The number of hydrogen-bond acceptors (Lipinski definition) is 5. The third-order valence-corrected chi connectivity index (χ3v) is 3.71. The molecule has 0 fully saturated rings. The van der Waals surface area contributed by atoms with Crippen molar-refractivity contribution in [3.63, 3.8) is 0 Å². The fourth-order valence-electron chi connectivity index (χ4n) is 2.45. The zero-order valence-corrected chi connectivity index (χ0v) is 16.4. The Labute approximate surface area is 169 Å². The molecule has 0 bridgehead atoms.